The van der Waals surface area contributed by atoms with Crippen LogP contribution in [0.1, 0.15) is 56.1 Å². The highest BCUT2D eigenvalue weighted by molar-refractivity contribution is 5.79. The first-order valence-corrected chi connectivity index (χ1v) is 11.9. The van der Waals surface area contributed by atoms with E-state index in [0.717, 1.165) is 58.3 Å². The zero-order valence-electron chi connectivity index (χ0n) is 18.2. The summed E-state index contributed by atoms with van der Waals surface area (Å²) < 4.78 is 0. The van der Waals surface area contributed by atoms with E-state index in [1.807, 2.05) is 0 Å². The standard InChI is InChI=1S/C27H36N2O/c30-27(25-14-8-3-9-15-25)29(22-24-12-6-2-7-13-24)26-17-20-28(21-18-26)19-16-23-10-4-1-5-11-23/h1-2,4-7,10-13,25-26H,3,8-9,14-22H2. The number of piperidine rings is 1. The van der Waals surface area contributed by atoms with Gasteiger partial charge in [-0.05, 0) is 43.2 Å². The van der Waals surface area contributed by atoms with Crippen molar-refractivity contribution in [1.82, 2.24) is 9.80 Å². The number of hydrogen-bond acceptors (Lipinski definition) is 2. The molecular formula is C27H36N2O. The lowest BCUT2D eigenvalue weighted by atomic mass is 9.87. The highest BCUT2D eigenvalue weighted by Crippen LogP contribution is 2.29. The predicted octanol–water partition coefficient (Wildman–Crippen LogP) is 5.30. The van der Waals surface area contributed by atoms with Gasteiger partial charge in [0, 0.05) is 38.1 Å². The number of likely N-dealkylation sites (tertiary alicyclic amines) is 1. The topological polar surface area (TPSA) is 23.6 Å². The summed E-state index contributed by atoms with van der Waals surface area (Å²) in [6.07, 6.45) is 9.20. The molecular weight excluding hydrogens is 368 g/mol. The average Bonchev–Trinajstić information content (AvgIpc) is 2.83. The summed E-state index contributed by atoms with van der Waals surface area (Å²) in [5, 5.41) is 0. The fraction of sp³-hybridized carbons (Fsp3) is 0.519. The summed E-state index contributed by atoms with van der Waals surface area (Å²) in [5.74, 6) is 0.667. The molecule has 0 unspecified atom stereocenters. The van der Waals surface area contributed by atoms with Gasteiger partial charge in [-0.2, -0.15) is 0 Å². The van der Waals surface area contributed by atoms with Crippen molar-refractivity contribution in [3.8, 4) is 0 Å². The van der Waals surface area contributed by atoms with Gasteiger partial charge in [-0.1, -0.05) is 79.9 Å². The summed E-state index contributed by atoms with van der Waals surface area (Å²) in [6, 6.07) is 21.7. The zero-order valence-corrected chi connectivity index (χ0v) is 18.2. The third-order valence-electron chi connectivity index (χ3n) is 6.99. The Morgan fingerprint density at radius 2 is 1.40 bits per heavy atom. The molecule has 0 bridgehead atoms. The number of rotatable bonds is 7. The summed E-state index contributed by atoms with van der Waals surface area (Å²) in [7, 11) is 0. The fourth-order valence-electron chi connectivity index (χ4n) is 5.14. The third-order valence-corrected chi connectivity index (χ3v) is 6.99. The van der Waals surface area contributed by atoms with Crippen LogP contribution in [0.25, 0.3) is 0 Å². The molecule has 1 saturated carbocycles. The van der Waals surface area contributed by atoms with E-state index in [2.05, 4.69) is 70.5 Å². The summed E-state index contributed by atoms with van der Waals surface area (Å²) in [4.78, 5) is 18.3. The van der Waals surface area contributed by atoms with E-state index in [9.17, 15) is 4.79 Å². The number of hydrogen-bond donors (Lipinski definition) is 0. The lowest BCUT2D eigenvalue weighted by molar-refractivity contribution is -0.140. The highest BCUT2D eigenvalue weighted by Gasteiger charge is 2.32. The second kappa shape index (κ2) is 10.8. The van der Waals surface area contributed by atoms with Gasteiger partial charge in [0.1, 0.15) is 0 Å². The van der Waals surface area contributed by atoms with Crippen molar-refractivity contribution in [2.45, 2.75) is 64.0 Å². The lowest BCUT2D eigenvalue weighted by Crippen LogP contribution is -2.49. The first-order chi connectivity index (χ1) is 14.8. The van der Waals surface area contributed by atoms with Crippen LogP contribution in [-0.4, -0.2) is 41.4 Å². The second-order valence-electron chi connectivity index (χ2n) is 9.10. The van der Waals surface area contributed by atoms with Crippen molar-refractivity contribution in [1.29, 1.82) is 0 Å². The molecule has 30 heavy (non-hydrogen) atoms. The van der Waals surface area contributed by atoms with Crippen LogP contribution in [-0.2, 0) is 17.8 Å². The quantitative estimate of drug-likeness (QED) is 0.625. The molecule has 2 aliphatic rings. The van der Waals surface area contributed by atoms with Crippen LogP contribution in [0.15, 0.2) is 60.7 Å². The Hall–Kier alpha value is -2.13. The number of benzene rings is 2. The maximum atomic E-state index is 13.5. The molecule has 0 radical (unpaired) electrons. The molecule has 3 nitrogen and oxygen atoms in total. The molecule has 0 N–H and O–H groups in total. The van der Waals surface area contributed by atoms with Gasteiger partial charge in [-0.3, -0.25) is 4.79 Å². The molecule has 2 aromatic carbocycles. The van der Waals surface area contributed by atoms with Crippen LogP contribution >= 0.6 is 0 Å². The van der Waals surface area contributed by atoms with E-state index < -0.39 is 0 Å². The van der Waals surface area contributed by atoms with Gasteiger partial charge < -0.3 is 9.80 Å². The van der Waals surface area contributed by atoms with Gasteiger partial charge in [0.15, 0.2) is 0 Å². The average molecular weight is 405 g/mol. The first-order valence-electron chi connectivity index (χ1n) is 11.9. The maximum absolute atomic E-state index is 13.5. The van der Waals surface area contributed by atoms with Crippen LogP contribution in [0.4, 0.5) is 0 Å². The van der Waals surface area contributed by atoms with Crippen molar-refractivity contribution in [3.63, 3.8) is 0 Å². The van der Waals surface area contributed by atoms with Gasteiger partial charge >= 0.3 is 0 Å². The van der Waals surface area contributed by atoms with Gasteiger partial charge in [0.2, 0.25) is 5.91 Å². The van der Waals surface area contributed by atoms with Crippen LogP contribution in [0.2, 0.25) is 0 Å². The maximum Gasteiger partial charge on any atom is 0.226 e. The Bertz CT molecular complexity index is 762. The lowest BCUT2D eigenvalue weighted by Gasteiger charge is -2.40. The van der Waals surface area contributed by atoms with Gasteiger partial charge in [0.25, 0.3) is 0 Å². The number of amides is 1. The highest BCUT2D eigenvalue weighted by atomic mass is 16.2. The Balaban J connectivity index is 1.36. The van der Waals surface area contributed by atoms with Gasteiger partial charge in [-0.25, -0.2) is 0 Å². The molecule has 160 valence electrons. The summed E-state index contributed by atoms with van der Waals surface area (Å²) >= 11 is 0. The zero-order chi connectivity index (χ0) is 20.6. The van der Waals surface area contributed by atoms with Crippen LogP contribution in [0.5, 0.6) is 0 Å². The molecule has 3 heteroatoms. The molecule has 1 aliphatic carbocycles. The molecule has 0 atom stereocenters. The summed E-state index contributed by atoms with van der Waals surface area (Å²) in [5.41, 5.74) is 2.67. The van der Waals surface area contributed by atoms with Crippen molar-refractivity contribution >= 4 is 5.91 Å². The monoisotopic (exact) mass is 404 g/mol. The molecule has 4 rings (SSSR count). The minimum atomic E-state index is 0.249. The number of nitrogens with zero attached hydrogens (tertiary/aromatic N) is 2. The largest absolute Gasteiger partial charge is 0.335 e. The van der Waals surface area contributed by atoms with E-state index in [0.29, 0.717) is 11.9 Å². The predicted molar refractivity (Wildman–Crippen MR) is 123 cm³/mol. The molecule has 0 spiro atoms. The fourth-order valence-corrected chi connectivity index (χ4v) is 5.14. The number of carbonyl (C=O) groups is 1. The van der Waals surface area contributed by atoms with Crippen LogP contribution < -0.4 is 0 Å². The Kier molecular flexibility index (Phi) is 7.58. The third kappa shape index (κ3) is 5.72. The molecule has 2 aromatic rings. The smallest absolute Gasteiger partial charge is 0.226 e. The van der Waals surface area contributed by atoms with Crippen molar-refractivity contribution in [2.75, 3.05) is 19.6 Å². The Morgan fingerprint density at radius 1 is 0.800 bits per heavy atom. The minimum Gasteiger partial charge on any atom is -0.335 e. The SMILES string of the molecule is O=C(C1CCCCC1)N(Cc1ccccc1)C1CCN(CCc2ccccc2)CC1. The van der Waals surface area contributed by atoms with E-state index in [1.54, 1.807) is 0 Å². The minimum absolute atomic E-state index is 0.249. The number of carbonyl (C=O) groups excluding carboxylic acids is 1. The molecule has 1 aliphatic heterocycles. The van der Waals surface area contributed by atoms with Crippen molar-refractivity contribution < 1.29 is 4.79 Å². The Labute approximate surface area is 182 Å². The normalized spacial score (nSPS) is 18.9. The van der Waals surface area contributed by atoms with Crippen LogP contribution in [0.3, 0.4) is 0 Å². The van der Waals surface area contributed by atoms with Gasteiger partial charge in [-0.15, -0.1) is 0 Å². The first kappa shape index (κ1) is 21.1. The Morgan fingerprint density at radius 3 is 2.03 bits per heavy atom. The molecule has 1 amide bonds. The van der Waals surface area contributed by atoms with E-state index in [1.165, 1.54) is 30.4 Å². The van der Waals surface area contributed by atoms with Crippen molar-refractivity contribution in [2.24, 2.45) is 5.92 Å². The molecule has 2 fully saturated rings. The molecule has 0 aromatic heterocycles. The second-order valence-corrected chi connectivity index (χ2v) is 9.10. The van der Waals surface area contributed by atoms with Gasteiger partial charge in [0.05, 0.1) is 0 Å². The van der Waals surface area contributed by atoms with E-state index >= 15 is 0 Å². The summed E-state index contributed by atoms with van der Waals surface area (Å²) in [6.45, 7) is 4.08. The van der Waals surface area contributed by atoms with Crippen molar-refractivity contribution in [3.05, 3.63) is 71.8 Å². The molecule has 1 heterocycles. The van der Waals surface area contributed by atoms with E-state index in [4.69, 9.17) is 0 Å². The van der Waals surface area contributed by atoms with Crippen LogP contribution in [0, 0.1) is 5.92 Å². The van der Waals surface area contributed by atoms with E-state index in [-0.39, 0.29) is 5.92 Å². The molecule has 1 saturated heterocycles.